The number of rotatable bonds is 2. The van der Waals surface area contributed by atoms with Crippen LogP contribution in [0.4, 0.5) is 0 Å². The Kier molecular flexibility index (Phi) is 3.77. The Labute approximate surface area is 108 Å². The van der Waals surface area contributed by atoms with Gasteiger partial charge in [-0.25, -0.2) is 4.98 Å². The van der Waals surface area contributed by atoms with E-state index in [2.05, 4.69) is 5.32 Å². The lowest BCUT2D eigenvalue weighted by Gasteiger charge is -2.06. The Hall–Kier alpha value is -0.410. The standard InChI is InChI=1S/C14H22N2S/c1-2-4-8-13-12(7-3-1)16-14(17-13)10-11-6-5-9-15-11/h11,15H,1-10H2. The van der Waals surface area contributed by atoms with Gasteiger partial charge in [0, 0.05) is 17.3 Å². The Morgan fingerprint density at radius 1 is 1.12 bits per heavy atom. The van der Waals surface area contributed by atoms with Crippen LogP contribution in [0.25, 0.3) is 0 Å². The highest BCUT2D eigenvalue weighted by atomic mass is 32.1. The van der Waals surface area contributed by atoms with Crippen LogP contribution in [0.15, 0.2) is 0 Å². The summed E-state index contributed by atoms with van der Waals surface area (Å²) in [6, 6.07) is 0.701. The van der Waals surface area contributed by atoms with Crippen molar-refractivity contribution >= 4 is 11.3 Å². The van der Waals surface area contributed by atoms with Gasteiger partial charge < -0.3 is 5.32 Å². The molecule has 2 heterocycles. The van der Waals surface area contributed by atoms with E-state index in [1.165, 1.54) is 68.6 Å². The van der Waals surface area contributed by atoms with E-state index in [4.69, 9.17) is 4.98 Å². The molecule has 0 bridgehead atoms. The maximum absolute atomic E-state index is 4.89. The molecule has 3 rings (SSSR count). The van der Waals surface area contributed by atoms with Gasteiger partial charge in [-0.15, -0.1) is 11.3 Å². The normalized spacial score (nSPS) is 25.3. The van der Waals surface area contributed by atoms with Crippen molar-refractivity contribution in [2.75, 3.05) is 6.54 Å². The van der Waals surface area contributed by atoms with Crippen LogP contribution in [-0.4, -0.2) is 17.6 Å². The molecule has 3 heteroatoms. The van der Waals surface area contributed by atoms with Gasteiger partial charge >= 0.3 is 0 Å². The topological polar surface area (TPSA) is 24.9 Å². The molecule has 0 spiro atoms. The maximum atomic E-state index is 4.89. The van der Waals surface area contributed by atoms with Gasteiger partial charge in [-0.3, -0.25) is 0 Å². The first-order valence-corrected chi connectivity index (χ1v) is 7.94. The number of fused-ring (bicyclic) bond motifs is 1. The Balaban J connectivity index is 1.70. The molecule has 1 aromatic rings. The molecule has 0 radical (unpaired) electrons. The van der Waals surface area contributed by atoms with Crippen molar-refractivity contribution in [3.63, 3.8) is 0 Å². The predicted octanol–water partition coefficient (Wildman–Crippen LogP) is 3.10. The Bertz CT molecular complexity index is 341. The Morgan fingerprint density at radius 3 is 2.82 bits per heavy atom. The summed E-state index contributed by atoms with van der Waals surface area (Å²) in [6.45, 7) is 1.20. The summed E-state index contributed by atoms with van der Waals surface area (Å²) in [4.78, 5) is 6.49. The molecule has 1 N–H and O–H groups in total. The van der Waals surface area contributed by atoms with Crippen molar-refractivity contribution in [1.29, 1.82) is 0 Å². The molecule has 0 amide bonds. The van der Waals surface area contributed by atoms with Crippen LogP contribution in [0.1, 0.15) is 54.1 Å². The van der Waals surface area contributed by atoms with Gasteiger partial charge in [0.05, 0.1) is 10.7 Å². The van der Waals surface area contributed by atoms with Crippen LogP contribution in [-0.2, 0) is 19.3 Å². The summed E-state index contributed by atoms with van der Waals surface area (Å²) < 4.78 is 0. The summed E-state index contributed by atoms with van der Waals surface area (Å²) in [5.41, 5.74) is 1.43. The van der Waals surface area contributed by atoms with Crippen LogP contribution < -0.4 is 5.32 Å². The van der Waals surface area contributed by atoms with Crippen LogP contribution in [0.5, 0.6) is 0 Å². The second kappa shape index (κ2) is 5.49. The van der Waals surface area contributed by atoms with Gasteiger partial charge in [-0.05, 0) is 45.1 Å². The molecule has 0 aromatic carbocycles. The number of nitrogens with zero attached hydrogens (tertiary/aromatic N) is 1. The summed E-state index contributed by atoms with van der Waals surface area (Å²) >= 11 is 1.99. The molecule has 1 fully saturated rings. The smallest absolute Gasteiger partial charge is 0.0946 e. The van der Waals surface area contributed by atoms with E-state index in [9.17, 15) is 0 Å². The maximum Gasteiger partial charge on any atom is 0.0946 e. The molecule has 17 heavy (non-hydrogen) atoms. The van der Waals surface area contributed by atoms with E-state index in [-0.39, 0.29) is 0 Å². The van der Waals surface area contributed by atoms with Crippen molar-refractivity contribution in [2.24, 2.45) is 0 Å². The van der Waals surface area contributed by atoms with E-state index in [0.29, 0.717) is 6.04 Å². The minimum Gasteiger partial charge on any atom is -0.314 e. The fraction of sp³-hybridized carbons (Fsp3) is 0.786. The fourth-order valence-electron chi connectivity index (χ4n) is 2.99. The van der Waals surface area contributed by atoms with Gasteiger partial charge in [-0.2, -0.15) is 0 Å². The zero-order valence-corrected chi connectivity index (χ0v) is 11.3. The third-order valence-corrected chi connectivity index (χ3v) is 5.15. The first kappa shape index (κ1) is 11.7. The molecule has 94 valence electrons. The molecule has 1 unspecified atom stereocenters. The molecule has 2 aliphatic rings. The van der Waals surface area contributed by atoms with Crippen LogP contribution in [0, 0.1) is 0 Å². The first-order valence-electron chi connectivity index (χ1n) is 7.12. The number of hydrogen-bond acceptors (Lipinski definition) is 3. The lowest BCUT2D eigenvalue weighted by Crippen LogP contribution is -2.23. The largest absolute Gasteiger partial charge is 0.314 e. The molecule has 1 aliphatic heterocycles. The summed E-state index contributed by atoms with van der Waals surface area (Å²) in [5.74, 6) is 0. The van der Waals surface area contributed by atoms with Gasteiger partial charge in [0.1, 0.15) is 0 Å². The third kappa shape index (κ3) is 2.89. The van der Waals surface area contributed by atoms with Gasteiger partial charge in [0.2, 0.25) is 0 Å². The quantitative estimate of drug-likeness (QED) is 0.872. The molecular formula is C14H22N2S. The van der Waals surface area contributed by atoms with E-state index >= 15 is 0 Å². The van der Waals surface area contributed by atoms with E-state index in [1.54, 1.807) is 4.88 Å². The van der Waals surface area contributed by atoms with Crippen molar-refractivity contribution in [2.45, 2.75) is 63.8 Å². The number of thiazole rings is 1. The molecule has 1 saturated heterocycles. The average molecular weight is 250 g/mol. The number of aromatic nitrogens is 1. The van der Waals surface area contributed by atoms with Crippen molar-refractivity contribution < 1.29 is 0 Å². The van der Waals surface area contributed by atoms with E-state index < -0.39 is 0 Å². The predicted molar refractivity (Wildman–Crippen MR) is 72.7 cm³/mol. The monoisotopic (exact) mass is 250 g/mol. The van der Waals surface area contributed by atoms with Crippen LogP contribution >= 0.6 is 11.3 Å². The van der Waals surface area contributed by atoms with Crippen molar-refractivity contribution in [1.82, 2.24) is 10.3 Å². The zero-order valence-electron chi connectivity index (χ0n) is 10.5. The highest BCUT2D eigenvalue weighted by Gasteiger charge is 2.18. The second-order valence-corrected chi connectivity index (χ2v) is 6.56. The fourth-order valence-corrected chi connectivity index (χ4v) is 4.22. The SMILES string of the molecule is C1CCCc2sc(CC3CCCN3)nc2CC1. The molecule has 1 atom stereocenters. The average Bonchev–Trinajstić information content (AvgIpc) is 2.90. The molecular weight excluding hydrogens is 228 g/mol. The van der Waals surface area contributed by atoms with Gasteiger partial charge in [-0.1, -0.05) is 12.8 Å². The lowest BCUT2D eigenvalue weighted by molar-refractivity contribution is 0.596. The summed E-state index contributed by atoms with van der Waals surface area (Å²) in [6.07, 6.45) is 11.9. The summed E-state index contributed by atoms with van der Waals surface area (Å²) in [7, 11) is 0. The second-order valence-electron chi connectivity index (χ2n) is 5.39. The summed E-state index contributed by atoms with van der Waals surface area (Å²) in [5, 5.41) is 4.96. The number of nitrogens with one attached hydrogen (secondary N) is 1. The minimum absolute atomic E-state index is 0.701. The zero-order chi connectivity index (χ0) is 11.5. The highest BCUT2D eigenvalue weighted by Crippen LogP contribution is 2.27. The molecule has 1 aromatic heterocycles. The van der Waals surface area contributed by atoms with Crippen LogP contribution in [0.2, 0.25) is 0 Å². The number of aryl methyl sites for hydroxylation is 2. The van der Waals surface area contributed by atoms with Gasteiger partial charge in [0.15, 0.2) is 0 Å². The van der Waals surface area contributed by atoms with Gasteiger partial charge in [0.25, 0.3) is 0 Å². The van der Waals surface area contributed by atoms with E-state index in [0.717, 1.165) is 6.42 Å². The van der Waals surface area contributed by atoms with E-state index in [1.807, 2.05) is 11.3 Å². The van der Waals surface area contributed by atoms with Crippen molar-refractivity contribution in [3.8, 4) is 0 Å². The first-order chi connectivity index (χ1) is 8.42. The minimum atomic E-state index is 0.701. The van der Waals surface area contributed by atoms with Crippen LogP contribution in [0.3, 0.4) is 0 Å². The lowest BCUT2D eigenvalue weighted by atomic mass is 10.0. The highest BCUT2D eigenvalue weighted by molar-refractivity contribution is 7.11. The third-order valence-electron chi connectivity index (χ3n) is 3.97. The molecule has 1 aliphatic carbocycles. The molecule has 2 nitrogen and oxygen atoms in total. The molecule has 0 saturated carbocycles. The Morgan fingerprint density at radius 2 is 2.00 bits per heavy atom. The van der Waals surface area contributed by atoms with Crippen molar-refractivity contribution in [3.05, 3.63) is 15.6 Å². The number of hydrogen-bond donors (Lipinski definition) is 1.